The zero-order chi connectivity index (χ0) is 21.4. The highest BCUT2D eigenvalue weighted by molar-refractivity contribution is 8.00. The molecule has 1 saturated carbocycles. The lowest BCUT2D eigenvalue weighted by Gasteiger charge is -2.20. The zero-order valence-corrected chi connectivity index (χ0v) is 18.8. The van der Waals surface area contributed by atoms with Gasteiger partial charge in [-0.05, 0) is 38.3 Å². The van der Waals surface area contributed by atoms with E-state index in [9.17, 15) is 4.79 Å². The summed E-state index contributed by atoms with van der Waals surface area (Å²) in [5.74, 6) is 0.116. The van der Waals surface area contributed by atoms with Gasteiger partial charge in [-0.2, -0.15) is 0 Å². The Morgan fingerprint density at radius 2 is 1.77 bits per heavy atom. The maximum Gasteiger partial charge on any atom is 0.182 e. The van der Waals surface area contributed by atoms with Crippen molar-refractivity contribution in [2.75, 3.05) is 0 Å². The number of imidazole rings is 1. The van der Waals surface area contributed by atoms with Crippen molar-refractivity contribution in [1.29, 1.82) is 0 Å². The van der Waals surface area contributed by atoms with Crippen molar-refractivity contribution >= 4 is 28.4 Å². The lowest BCUT2D eigenvalue weighted by atomic mass is 10.0. The molecule has 0 amide bonds. The number of benzene rings is 2. The number of nitrogens with zero attached hydrogens (tertiary/aromatic N) is 2. The third-order valence-electron chi connectivity index (χ3n) is 6.46. The Morgan fingerprint density at radius 3 is 2.55 bits per heavy atom. The maximum absolute atomic E-state index is 13.9. The van der Waals surface area contributed by atoms with Gasteiger partial charge in [0.25, 0.3) is 0 Å². The molecule has 0 aliphatic heterocycles. The third-order valence-corrected chi connectivity index (χ3v) is 7.68. The van der Waals surface area contributed by atoms with Crippen molar-refractivity contribution in [2.24, 2.45) is 0 Å². The number of carbonyl (C=O) groups excluding carboxylic acids is 1. The number of H-pyrrole nitrogens is 1. The number of fused-ring (bicyclic) bond motifs is 1. The van der Waals surface area contributed by atoms with Gasteiger partial charge in [0.1, 0.15) is 5.25 Å². The zero-order valence-electron chi connectivity index (χ0n) is 18.0. The first kappa shape index (κ1) is 20.1. The van der Waals surface area contributed by atoms with Gasteiger partial charge < -0.3 is 9.55 Å². The number of carbonyl (C=O) groups is 1. The van der Waals surface area contributed by atoms with E-state index in [0.29, 0.717) is 6.04 Å². The van der Waals surface area contributed by atoms with Crippen molar-refractivity contribution in [1.82, 2.24) is 14.5 Å². The smallest absolute Gasteiger partial charge is 0.182 e. The number of hydrogen-bond donors (Lipinski definition) is 1. The Hall–Kier alpha value is -2.79. The predicted molar refractivity (Wildman–Crippen MR) is 127 cm³/mol. The largest absolute Gasteiger partial charge is 0.360 e. The molecule has 0 unspecified atom stereocenters. The Bertz CT molecular complexity index is 1220. The van der Waals surface area contributed by atoms with Gasteiger partial charge in [-0.25, -0.2) is 4.98 Å². The minimum atomic E-state index is -0.346. The summed E-state index contributed by atoms with van der Waals surface area (Å²) in [6.45, 7) is 4.23. The van der Waals surface area contributed by atoms with Crippen LogP contribution in [0.3, 0.4) is 0 Å². The van der Waals surface area contributed by atoms with Crippen LogP contribution in [-0.4, -0.2) is 20.3 Å². The van der Waals surface area contributed by atoms with Crippen molar-refractivity contribution in [2.45, 2.75) is 56.0 Å². The lowest BCUT2D eigenvalue weighted by molar-refractivity contribution is 0.0991. The molecule has 0 radical (unpaired) electrons. The molecule has 0 bridgehead atoms. The second kappa shape index (κ2) is 8.39. The average Bonchev–Trinajstić information content (AvgIpc) is 3.52. The monoisotopic (exact) mass is 429 g/mol. The molecule has 1 aliphatic carbocycles. The number of hydrogen-bond acceptors (Lipinski definition) is 3. The number of aryl methyl sites for hydroxylation is 1. The van der Waals surface area contributed by atoms with Crippen LogP contribution in [0.1, 0.15) is 64.3 Å². The Balaban J connectivity index is 1.57. The molecule has 2 aromatic carbocycles. The van der Waals surface area contributed by atoms with Crippen LogP contribution >= 0.6 is 11.8 Å². The van der Waals surface area contributed by atoms with Gasteiger partial charge in [-0.3, -0.25) is 4.79 Å². The quantitative estimate of drug-likeness (QED) is 0.270. The molecule has 1 aliphatic rings. The Morgan fingerprint density at radius 1 is 1.06 bits per heavy atom. The van der Waals surface area contributed by atoms with Gasteiger partial charge in [0.05, 0.1) is 5.69 Å². The van der Waals surface area contributed by atoms with Crippen LogP contribution in [0.2, 0.25) is 0 Å². The van der Waals surface area contributed by atoms with E-state index >= 15 is 0 Å². The average molecular weight is 430 g/mol. The molecular formula is C26H27N3OS. The molecule has 5 heteroatoms. The van der Waals surface area contributed by atoms with E-state index in [4.69, 9.17) is 4.98 Å². The minimum absolute atomic E-state index is 0.116. The van der Waals surface area contributed by atoms with Gasteiger partial charge in [0.2, 0.25) is 0 Å². The van der Waals surface area contributed by atoms with Crippen LogP contribution in [0, 0.1) is 13.8 Å². The van der Waals surface area contributed by atoms with Gasteiger partial charge in [-0.1, -0.05) is 73.1 Å². The van der Waals surface area contributed by atoms with E-state index in [1.165, 1.54) is 31.4 Å². The van der Waals surface area contributed by atoms with Crippen LogP contribution in [0.4, 0.5) is 0 Å². The fourth-order valence-corrected chi connectivity index (χ4v) is 6.02. The summed E-state index contributed by atoms with van der Waals surface area (Å²) in [6.07, 6.45) is 6.76. The molecule has 4 aromatic rings. The van der Waals surface area contributed by atoms with E-state index < -0.39 is 0 Å². The van der Waals surface area contributed by atoms with E-state index in [1.807, 2.05) is 60.8 Å². The normalized spacial score (nSPS) is 15.5. The summed E-state index contributed by atoms with van der Waals surface area (Å²) in [5.41, 5.74) is 5.02. The third kappa shape index (κ3) is 3.72. The molecule has 0 spiro atoms. The lowest BCUT2D eigenvalue weighted by Crippen LogP contribution is -2.13. The first-order valence-electron chi connectivity index (χ1n) is 11.0. The molecule has 2 heterocycles. The first-order chi connectivity index (χ1) is 15.1. The number of ketones is 1. The summed E-state index contributed by atoms with van der Waals surface area (Å²) in [4.78, 5) is 22.0. The number of rotatable bonds is 6. The highest BCUT2D eigenvalue weighted by atomic mass is 32.2. The Labute approximate surface area is 187 Å². The number of para-hydroxylation sites is 1. The van der Waals surface area contributed by atoms with Crippen molar-refractivity contribution in [3.63, 3.8) is 0 Å². The minimum Gasteiger partial charge on any atom is -0.360 e. The van der Waals surface area contributed by atoms with Crippen LogP contribution in [0.25, 0.3) is 10.9 Å². The maximum atomic E-state index is 13.9. The second-order valence-corrected chi connectivity index (χ2v) is 9.47. The van der Waals surface area contributed by atoms with E-state index in [1.54, 1.807) is 11.8 Å². The summed E-state index contributed by atoms with van der Waals surface area (Å²) >= 11 is 1.59. The first-order valence-corrected chi connectivity index (χ1v) is 11.9. The number of Topliss-reactive ketones (excluding diaryl/α,β-unsaturated/α-hetero) is 1. The van der Waals surface area contributed by atoms with E-state index in [2.05, 4.69) is 23.4 Å². The van der Waals surface area contributed by atoms with Crippen molar-refractivity contribution in [3.05, 3.63) is 83.3 Å². The summed E-state index contributed by atoms with van der Waals surface area (Å²) in [7, 11) is 0. The summed E-state index contributed by atoms with van der Waals surface area (Å²) in [5, 5.41) is 1.59. The molecule has 1 atom stereocenters. The number of nitrogens with one attached hydrogen (secondary N) is 1. The number of aromatic amines is 1. The molecule has 158 valence electrons. The molecule has 5 rings (SSSR count). The Kier molecular flexibility index (Phi) is 5.45. The second-order valence-electron chi connectivity index (χ2n) is 8.39. The van der Waals surface area contributed by atoms with Crippen molar-refractivity contribution in [3.8, 4) is 0 Å². The van der Waals surface area contributed by atoms with E-state index in [-0.39, 0.29) is 11.0 Å². The molecular weight excluding hydrogens is 402 g/mol. The van der Waals surface area contributed by atoms with Crippen LogP contribution in [0.5, 0.6) is 0 Å². The van der Waals surface area contributed by atoms with Gasteiger partial charge in [-0.15, -0.1) is 0 Å². The highest BCUT2D eigenvalue weighted by Crippen LogP contribution is 2.42. The van der Waals surface area contributed by atoms with Crippen LogP contribution in [-0.2, 0) is 0 Å². The molecule has 1 N–H and O–H groups in total. The fraction of sp³-hybridized carbons (Fsp3) is 0.308. The fourth-order valence-electron chi connectivity index (χ4n) is 4.69. The number of thioether (sulfide) groups is 1. The standard InChI is InChI=1S/C26H27N3OS/c1-17-18(2)29(20-12-6-7-13-20)26(28-17)31-25(19-10-4-3-5-11-19)24(30)22-16-27-23-15-9-8-14-21(22)23/h3-5,8-11,14-16,20,25,27H,6-7,12-13H2,1-2H3/t25-/m1/s1. The SMILES string of the molecule is Cc1nc(S[C@@H](C(=O)c2c[nH]c3ccccc23)c2ccccc2)n(C2CCCC2)c1C. The van der Waals surface area contributed by atoms with Crippen LogP contribution in [0.15, 0.2) is 66.0 Å². The summed E-state index contributed by atoms with van der Waals surface area (Å²) in [6, 6.07) is 18.6. The van der Waals surface area contributed by atoms with Gasteiger partial charge >= 0.3 is 0 Å². The van der Waals surface area contributed by atoms with Crippen LogP contribution < -0.4 is 0 Å². The van der Waals surface area contributed by atoms with E-state index in [0.717, 1.165) is 32.9 Å². The highest BCUT2D eigenvalue weighted by Gasteiger charge is 2.30. The number of aromatic nitrogens is 3. The summed E-state index contributed by atoms with van der Waals surface area (Å²) < 4.78 is 2.39. The molecule has 0 saturated heterocycles. The van der Waals surface area contributed by atoms with Gasteiger partial charge in [0.15, 0.2) is 10.9 Å². The molecule has 2 aromatic heterocycles. The predicted octanol–water partition coefficient (Wildman–Crippen LogP) is 6.81. The molecule has 4 nitrogen and oxygen atoms in total. The topological polar surface area (TPSA) is 50.7 Å². The van der Waals surface area contributed by atoms with Gasteiger partial charge in [0, 0.05) is 34.4 Å². The van der Waals surface area contributed by atoms with Crippen molar-refractivity contribution < 1.29 is 4.79 Å². The molecule has 31 heavy (non-hydrogen) atoms. The molecule has 1 fully saturated rings.